The van der Waals surface area contributed by atoms with Crippen molar-refractivity contribution in [3.05, 3.63) is 47.4 Å². The summed E-state index contributed by atoms with van der Waals surface area (Å²) < 4.78 is 7.33. The standard InChI is InChI=1S/C23H32N4O3/c1-16-13-18(17(2)27(16)19-9-7-8-11-24-19)20(28)26-12-10-23(6,15-26)14-25-21(29)30-22(3,4)5/h7-9,11,13H,10,12,14-15H2,1-6H3,(H,25,29)/t23-/m0/s1. The van der Waals surface area contributed by atoms with Gasteiger partial charge in [-0.2, -0.15) is 0 Å². The molecule has 1 saturated heterocycles. The third kappa shape index (κ3) is 4.83. The molecule has 1 aliphatic heterocycles. The van der Waals surface area contributed by atoms with Gasteiger partial charge in [-0.25, -0.2) is 9.78 Å². The number of rotatable bonds is 4. The van der Waals surface area contributed by atoms with Gasteiger partial charge in [0.2, 0.25) is 0 Å². The molecule has 0 unspecified atom stereocenters. The molecule has 7 heteroatoms. The number of likely N-dealkylation sites (tertiary alicyclic amines) is 1. The number of hydrogen-bond acceptors (Lipinski definition) is 4. The van der Waals surface area contributed by atoms with Crippen molar-refractivity contribution in [2.45, 2.75) is 53.6 Å². The molecule has 3 rings (SSSR count). The predicted molar refractivity (Wildman–Crippen MR) is 116 cm³/mol. The van der Waals surface area contributed by atoms with Crippen LogP contribution in [0.3, 0.4) is 0 Å². The third-order valence-corrected chi connectivity index (χ3v) is 5.44. The number of carbonyl (C=O) groups excluding carboxylic acids is 2. The maximum atomic E-state index is 13.3. The number of pyridine rings is 1. The molecule has 0 aliphatic carbocycles. The highest BCUT2D eigenvalue weighted by atomic mass is 16.6. The third-order valence-electron chi connectivity index (χ3n) is 5.44. The summed E-state index contributed by atoms with van der Waals surface area (Å²) in [7, 11) is 0. The molecular formula is C23H32N4O3. The summed E-state index contributed by atoms with van der Waals surface area (Å²) in [5, 5.41) is 2.86. The highest BCUT2D eigenvalue weighted by molar-refractivity contribution is 5.96. The number of aryl methyl sites for hydroxylation is 1. The number of carbonyl (C=O) groups is 2. The van der Waals surface area contributed by atoms with Gasteiger partial charge >= 0.3 is 6.09 Å². The lowest BCUT2D eigenvalue weighted by Crippen LogP contribution is -2.41. The molecule has 1 atom stereocenters. The molecule has 30 heavy (non-hydrogen) atoms. The molecule has 0 bridgehead atoms. The average Bonchev–Trinajstić information content (AvgIpc) is 3.19. The first-order valence-electron chi connectivity index (χ1n) is 10.4. The average molecular weight is 413 g/mol. The van der Waals surface area contributed by atoms with Gasteiger partial charge in [0.15, 0.2) is 0 Å². The zero-order chi connectivity index (χ0) is 22.1. The Kier molecular flexibility index (Phi) is 5.92. The monoisotopic (exact) mass is 412 g/mol. The Hall–Kier alpha value is -2.83. The van der Waals surface area contributed by atoms with Crippen LogP contribution in [0.5, 0.6) is 0 Å². The van der Waals surface area contributed by atoms with Crippen molar-refractivity contribution in [3.63, 3.8) is 0 Å². The maximum Gasteiger partial charge on any atom is 0.407 e. The first-order chi connectivity index (χ1) is 14.0. The van der Waals surface area contributed by atoms with Crippen LogP contribution >= 0.6 is 0 Å². The van der Waals surface area contributed by atoms with Crippen LogP contribution in [0.15, 0.2) is 30.5 Å². The Bertz CT molecular complexity index is 930. The van der Waals surface area contributed by atoms with E-state index in [2.05, 4.69) is 17.2 Å². The fourth-order valence-corrected chi connectivity index (χ4v) is 3.93. The first kappa shape index (κ1) is 21.9. The number of amides is 2. The molecule has 2 amide bonds. The van der Waals surface area contributed by atoms with Gasteiger partial charge < -0.3 is 19.5 Å². The fraction of sp³-hybridized carbons (Fsp3) is 0.522. The summed E-state index contributed by atoms with van der Waals surface area (Å²) in [4.78, 5) is 31.5. The van der Waals surface area contributed by atoms with E-state index in [0.717, 1.165) is 23.6 Å². The Morgan fingerprint density at radius 1 is 1.27 bits per heavy atom. The largest absolute Gasteiger partial charge is 0.444 e. The van der Waals surface area contributed by atoms with E-state index in [1.165, 1.54) is 0 Å². The lowest BCUT2D eigenvalue weighted by Gasteiger charge is -2.26. The second-order valence-electron chi connectivity index (χ2n) is 9.45. The molecule has 1 fully saturated rings. The Morgan fingerprint density at radius 3 is 2.63 bits per heavy atom. The van der Waals surface area contributed by atoms with Crippen molar-refractivity contribution in [1.82, 2.24) is 19.8 Å². The van der Waals surface area contributed by atoms with Crippen molar-refractivity contribution in [1.29, 1.82) is 0 Å². The Labute approximate surface area is 178 Å². The summed E-state index contributed by atoms with van der Waals surface area (Å²) in [6.45, 7) is 13.3. The zero-order valence-corrected chi connectivity index (χ0v) is 18.8. The lowest BCUT2D eigenvalue weighted by molar-refractivity contribution is 0.0504. The van der Waals surface area contributed by atoms with Crippen molar-refractivity contribution in [2.24, 2.45) is 5.41 Å². The van der Waals surface area contributed by atoms with E-state index < -0.39 is 11.7 Å². The van der Waals surface area contributed by atoms with Crippen LogP contribution in [-0.4, -0.2) is 51.7 Å². The van der Waals surface area contributed by atoms with Gasteiger partial charge in [-0.1, -0.05) is 13.0 Å². The zero-order valence-electron chi connectivity index (χ0n) is 18.8. The normalized spacial score (nSPS) is 19.1. The lowest BCUT2D eigenvalue weighted by atomic mass is 9.90. The van der Waals surface area contributed by atoms with Crippen molar-refractivity contribution < 1.29 is 14.3 Å². The van der Waals surface area contributed by atoms with Crippen molar-refractivity contribution in [2.75, 3.05) is 19.6 Å². The molecule has 162 valence electrons. The van der Waals surface area contributed by atoms with Gasteiger partial charge in [0, 0.05) is 42.6 Å². The topological polar surface area (TPSA) is 76.5 Å². The van der Waals surface area contributed by atoms with Gasteiger partial charge in [-0.3, -0.25) is 4.79 Å². The minimum atomic E-state index is -0.529. The summed E-state index contributed by atoms with van der Waals surface area (Å²) in [5.41, 5.74) is 1.85. The molecule has 0 saturated carbocycles. The molecule has 2 aromatic rings. The molecule has 0 aromatic carbocycles. The summed E-state index contributed by atoms with van der Waals surface area (Å²) in [6, 6.07) is 7.68. The first-order valence-corrected chi connectivity index (χ1v) is 10.4. The SMILES string of the molecule is Cc1cc(C(=O)N2CC[C@@](C)(CNC(=O)OC(C)(C)C)C2)c(C)n1-c1ccccn1. The highest BCUT2D eigenvalue weighted by Crippen LogP contribution is 2.31. The van der Waals surface area contributed by atoms with Crippen LogP contribution in [0, 0.1) is 19.3 Å². The minimum absolute atomic E-state index is 0.0197. The van der Waals surface area contributed by atoms with Crippen molar-refractivity contribution in [3.8, 4) is 5.82 Å². The Balaban J connectivity index is 1.68. The molecule has 7 nitrogen and oxygen atoms in total. The van der Waals surface area contributed by atoms with E-state index in [1.807, 2.05) is 68.4 Å². The van der Waals surface area contributed by atoms with Gasteiger partial charge in [0.25, 0.3) is 5.91 Å². The van der Waals surface area contributed by atoms with Crippen LogP contribution in [0.1, 0.15) is 55.9 Å². The number of hydrogen-bond donors (Lipinski definition) is 1. The van der Waals surface area contributed by atoms with E-state index in [4.69, 9.17) is 4.74 Å². The number of alkyl carbamates (subject to hydrolysis) is 1. The molecular weight excluding hydrogens is 380 g/mol. The molecule has 0 spiro atoms. The Morgan fingerprint density at radius 2 is 2.00 bits per heavy atom. The van der Waals surface area contributed by atoms with Gasteiger partial charge in [-0.05, 0) is 59.2 Å². The smallest absolute Gasteiger partial charge is 0.407 e. The van der Waals surface area contributed by atoms with E-state index in [0.29, 0.717) is 25.2 Å². The van der Waals surface area contributed by atoms with Crippen molar-refractivity contribution >= 4 is 12.0 Å². The van der Waals surface area contributed by atoms with E-state index in [1.54, 1.807) is 6.20 Å². The summed E-state index contributed by atoms with van der Waals surface area (Å²) >= 11 is 0. The summed E-state index contributed by atoms with van der Waals surface area (Å²) in [6.07, 6.45) is 2.15. The van der Waals surface area contributed by atoms with E-state index >= 15 is 0 Å². The minimum Gasteiger partial charge on any atom is -0.444 e. The highest BCUT2D eigenvalue weighted by Gasteiger charge is 2.37. The second kappa shape index (κ2) is 8.13. The molecule has 1 aliphatic rings. The molecule has 2 aromatic heterocycles. The van der Waals surface area contributed by atoms with Gasteiger partial charge in [0.1, 0.15) is 11.4 Å². The summed E-state index contributed by atoms with van der Waals surface area (Å²) in [5.74, 6) is 0.825. The van der Waals surface area contributed by atoms with Crippen LogP contribution < -0.4 is 5.32 Å². The maximum absolute atomic E-state index is 13.3. The number of nitrogens with zero attached hydrogens (tertiary/aromatic N) is 3. The number of ether oxygens (including phenoxy) is 1. The van der Waals surface area contributed by atoms with Crippen LogP contribution in [0.4, 0.5) is 4.79 Å². The second-order valence-corrected chi connectivity index (χ2v) is 9.45. The van der Waals surface area contributed by atoms with Crippen LogP contribution in [0.2, 0.25) is 0 Å². The molecule has 1 N–H and O–H groups in total. The van der Waals surface area contributed by atoms with E-state index in [9.17, 15) is 9.59 Å². The van der Waals surface area contributed by atoms with Gasteiger partial charge in [-0.15, -0.1) is 0 Å². The fourth-order valence-electron chi connectivity index (χ4n) is 3.93. The molecule has 0 radical (unpaired) electrons. The quantitative estimate of drug-likeness (QED) is 0.827. The van der Waals surface area contributed by atoms with Crippen LogP contribution in [0.25, 0.3) is 5.82 Å². The molecule has 3 heterocycles. The predicted octanol–water partition coefficient (Wildman–Crippen LogP) is 3.87. The van der Waals surface area contributed by atoms with E-state index in [-0.39, 0.29) is 11.3 Å². The number of nitrogens with one attached hydrogen (secondary N) is 1. The van der Waals surface area contributed by atoms with Gasteiger partial charge in [0.05, 0.1) is 5.56 Å². The number of aromatic nitrogens is 2. The van der Waals surface area contributed by atoms with Crippen LogP contribution in [-0.2, 0) is 4.74 Å².